The smallest absolute Gasteiger partial charge is 0.254 e. The van der Waals surface area contributed by atoms with Crippen molar-refractivity contribution in [1.29, 1.82) is 0 Å². The largest absolute Gasteiger partial charge is 0.497 e. The zero-order valence-corrected chi connectivity index (χ0v) is 16.8. The number of methoxy groups -OCH3 is 1. The highest BCUT2D eigenvalue weighted by molar-refractivity contribution is 5.94. The normalized spacial score (nSPS) is 10.7. The van der Waals surface area contributed by atoms with Gasteiger partial charge >= 0.3 is 0 Å². The molecule has 0 atom stereocenters. The topological polar surface area (TPSA) is 84.7 Å². The summed E-state index contributed by atoms with van der Waals surface area (Å²) < 4.78 is 6.86. The highest BCUT2D eigenvalue weighted by Gasteiger charge is 2.17. The minimum absolute atomic E-state index is 0.142. The molecular formula is C22H22N6O2. The van der Waals surface area contributed by atoms with Gasteiger partial charge in [-0.25, -0.2) is 4.98 Å². The maximum Gasteiger partial charge on any atom is 0.254 e. The second kappa shape index (κ2) is 8.60. The van der Waals surface area contributed by atoms with E-state index in [1.165, 1.54) is 6.33 Å². The summed E-state index contributed by atoms with van der Waals surface area (Å²) in [6.45, 7) is 2.75. The summed E-state index contributed by atoms with van der Waals surface area (Å²) in [5.74, 6) is 1.78. The predicted octanol–water partition coefficient (Wildman–Crippen LogP) is 3.26. The monoisotopic (exact) mass is 402 g/mol. The van der Waals surface area contributed by atoms with E-state index < -0.39 is 0 Å². The first-order chi connectivity index (χ1) is 14.7. The number of rotatable bonds is 7. The first-order valence-electron chi connectivity index (χ1n) is 9.63. The molecule has 1 amide bonds. The third kappa shape index (κ3) is 4.07. The van der Waals surface area contributed by atoms with E-state index in [-0.39, 0.29) is 12.5 Å². The Morgan fingerprint density at radius 1 is 1.13 bits per heavy atom. The zero-order valence-electron chi connectivity index (χ0n) is 16.8. The van der Waals surface area contributed by atoms with Crippen LogP contribution in [0.3, 0.4) is 0 Å². The fraction of sp³-hybridized carbons (Fsp3) is 0.182. The lowest BCUT2D eigenvalue weighted by Gasteiger charge is -2.23. The van der Waals surface area contributed by atoms with Gasteiger partial charge in [-0.15, -0.1) is 0 Å². The highest BCUT2D eigenvalue weighted by Crippen LogP contribution is 2.24. The van der Waals surface area contributed by atoms with Gasteiger partial charge in [0.25, 0.3) is 5.78 Å². The number of benzene rings is 2. The Morgan fingerprint density at radius 3 is 2.73 bits per heavy atom. The van der Waals surface area contributed by atoms with E-state index in [9.17, 15) is 4.79 Å². The van der Waals surface area contributed by atoms with E-state index in [4.69, 9.17) is 4.74 Å². The van der Waals surface area contributed by atoms with Gasteiger partial charge in [0.2, 0.25) is 5.91 Å². The van der Waals surface area contributed by atoms with Crippen molar-refractivity contribution < 1.29 is 9.53 Å². The number of nitrogens with zero attached hydrogens (tertiary/aromatic N) is 5. The zero-order chi connectivity index (χ0) is 20.9. The van der Waals surface area contributed by atoms with Crippen LogP contribution in [0.2, 0.25) is 0 Å². The van der Waals surface area contributed by atoms with Crippen molar-refractivity contribution in [3.63, 3.8) is 0 Å². The van der Waals surface area contributed by atoms with Gasteiger partial charge in [0.05, 0.1) is 19.3 Å². The fourth-order valence-corrected chi connectivity index (χ4v) is 3.21. The second-order valence-electron chi connectivity index (χ2n) is 6.63. The Balaban J connectivity index is 1.62. The van der Waals surface area contributed by atoms with Crippen molar-refractivity contribution in [2.24, 2.45) is 0 Å². The highest BCUT2D eigenvalue weighted by atomic mass is 16.5. The summed E-state index contributed by atoms with van der Waals surface area (Å²) in [4.78, 5) is 23.5. The lowest BCUT2D eigenvalue weighted by Crippen LogP contribution is -2.34. The molecule has 0 saturated heterocycles. The van der Waals surface area contributed by atoms with Crippen LogP contribution in [0.4, 0.5) is 11.5 Å². The Bertz CT molecular complexity index is 1160. The summed E-state index contributed by atoms with van der Waals surface area (Å²) in [5, 5.41) is 7.21. The van der Waals surface area contributed by atoms with Crippen LogP contribution in [-0.2, 0) is 4.79 Å². The van der Waals surface area contributed by atoms with Crippen molar-refractivity contribution in [1.82, 2.24) is 19.6 Å². The molecule has 0 radical (unpaired) electrons. The summed E-state index contributed by atoms with van der Waals surface area (Å²) >= 11 is 0. The number of carbonyl (C=O) groups excluding carboxylic acids is 1. The van der Waals surface area contributed by atoms with Crippen LogP contribution in [0.25, 0.3) is 17.0 Å². The van der Waals surface area contributed by atoms with E-state index in [2.05, 4.69) is 20.4 Å². The van der Waals surface area contributed by atoms with Gasteiger partial charge in [-0.2, -0.15) is 14.6 Å². The van der Waals surface area contributed by atoms with Gasteiger partial charge in [-0.3, -0.25) is 4.79 Å². The number of anilines is 2. The molecule has 30 heavy (non-hydrogen) atoms. The number of ether oxygens (including phenoxy) is 1. The fourth-order valence-electron chi connectivity index (χ4n) is 3.21. The quantitative estimate of drug-likeness (QED) is 0.511. The molecule has 0 saturated carbocycles. The Hall–Kier alpha value is -3.94. The molecule has 4 rings (SSSR count). The Morgan fingerprint density at radius 2 is 1.97 bits per heavy atom. The molecule has 152 valence electrons. The number of aromatic nitrogens is 4. The van der Waals surface area contributed by atoms with E-state index >= 15 is 0 Å². The molecule has 0 aliphatic carbocycles. The summed E-state index contributed by atoms with van der Waals surface area (Å²) in [5.41, 5.74) is 2.43. The third-order valence-corrected chi connectivity index (χ3v) is 4.70. The first kappa shape index (κ1) is 19.4. The average molecular weight is 402 g/mol. The lowest BCUT2D eigenvalue weighted by atomic mass is 10.1. The van der Waals surface area contributed by atoms with Crippen molar-refractivity contribution >= 4 is 23.2 Å². The van der Waals surface area contributed by atoms with Crippen LogP contribution in [-0.4, -0.2) is 45.7 Å². The van der Waals surface area contributed by atoms with Gasteiger partial charge in [-0.05, 0) is 19.1 Å². The molecule has 0 aliphatic rings. The second-order valence-corrected chi connectivity index (χ2v) is 6.63. The van der Waals surface area contributed by atoms with Gasteiger partial charge in [-0.1, -0.05) is 36.4 Å². The minimum atomic E-state index is -0.142. The Labute approximate surface area is 174 Å². The number of hydrogen-bond acceptors (Lipinski definition) is 6. The molecule has 4 aromatic rings. The number of fused-ring (bicyclic) bond motifs is 1. The molecule has 2 aromatic carbocycles. The number of likely N-dealkylation sites (N-methyl/N-ethyl adjacent to an activating group) is 1. The molecule has 0 bridgehead atoms. The number of amides is 1. The van der Waals surface area contributed by atoms with Gasteiger partial charge in [0, 0.05) is 29.9 Å². The Kier molecular flexibility index (Phi) is 5.56. The third-order valence-electron chi connectivity index (χ3n) is 4.70. The molecule has 1 N–H and O–H groups in total. The van der Waals surface area contributed by atoms with E-state index in [0.29, 0.717) is 23.8 Å². The van der Waals surface area contributed by atoms with Crippen LogP contribution in [0.1, 0.15) is 6.92 Å². The van der Waals surface area contributed by atoms with E-state index in [1.54, 1.807) is 17.7 Å². The molecule has 8 nitrogen and oxygen atoms in total. The molecule has 2 heterocycles. The van der Waals surface area contributed by atoms with Crippen molar-refractivity contribution in [2.75, 3.05) is 30.4 Å². The number of nitrogens with one attached hydrogen (secondary N) is 1. The standard InChI is InChI=1S/C22H22N6O2/c1-3-27(14-20(29)25-17-10-7-11-18(12-17)30-2)21-13-19(16-8-5-4-6-9-16)26-22-23-15-24-28(21)22/h4-13,15H,3,14H2,1-2H3,(H,25,29). The summed E-state index contributed by atoms with van der Waals surface area (Å²) in [7, 11) is 1.59. The van der Waals surface area contributed by atoms with Crippen LogP contribution < -0.4 is 15.0 Å². The van der Waals surface area contributed by atoms with Crippen molar-refractivity contribution in [3.8, 4) is 17.0 Å². The molecule has 0 spiro atoms. The molecule has 0 unspecified atom stereocenters. The maximum atomic E-state index is 12.7. The number of carbonyl (C=O) groups is 1. The van der Waals surface area contributed by atoms with Crippen molar-refractivity contribution in [3.05, 3.63) is 67.0 Å². The van der Waals surface area contributed by atoms with Gasteiger partial charge in [0.1, 0.15) is 17.9 Å². The lowest BCUT2D eigenvalue weighted by molar-refractivity contribution is -0.115. The molecular weight excluding hydrogens is 380 g/mol. The van der Waals surface area contributed by atoms with Crippen molar-refractivity contribution in [2.45, 2.75) is 6.92 Å². The SMILES string of the molecule is CCN(CC(=O)Nc1cccc(OC)c1)c1cc(-c2ccccc2)nc2ncnn12. The number of hydrogen-bond donors (Lipinski definition) is 1. The predicted molar refractivity (Wildman–Crippen MR) is 116 cm³/mol. The molecule has 0 fully saturated rings. The summed E-state index contributed by atoms with van der Waals surface area (Å²) in [6.07, 6.45) is 1.46. The molecule has 8 heteroatoms. The van der Waals surface area contributed by atoms with Gasteiger partial charge < -0.3 is 15.0 Å². The van der Waals surface area contributed by atoms with Crippen LogP contribution in [0.15, 0.2) is 67.0 Å². The first-order valence-corrected chi connectivity index (χ1v) is 9.63. The van der Waals surface area contributed by atoms with Crippen LogP contribution in [0.5, 0.6) is 5.75 Å². The van der Waals surface area contributed by atoms with E-state index in [1.807, 2.05) is 66.4 Å². The molecule has 0 aliphatic heterocycles. The minimum Gasteiger partial charge on any atom is -0.497 e. The molecule has 2 aromatic heterocycles. The van der Waals surface area contributed by atoms with Crippen LogP contribution >= 0.6 is 0 Å². The average Bonchev–Trinajstić information content (AvgIpc) is 3.26. The van der Waals surface area contributed by atoms with E-state index in [0.717, 1.165) is 17.1 Å². The van der Waals surface area contributed by atoms with Gasteiger partial charge in [0.15, 0.2) is 0 Å². The summed E-state index contributed by atoms with van der Waals surface area (Å²) in [6, 6.07) is 19.1. The maximum absolute atomic E-state index is 12.7. The van der Waals surface area contributed by atoms with Crippen LogP contribution in [0, 0.1) is 0 Å².